The number of hydrogen-bond acceptors (Lipinski definition) is 4. The van der Waals surface area contributed by atoms with Crippen LogP contribution >= 0.6 is 0 Å². The molecule has 1 aliphatic heterocycles. The summed E-state index contributed by atoms with van der Waals surface area (Å²) in [6.45, 7) is 5.82. The van der Waals surface area contributed by atoms with Gasteiger partial charge in [-0.3, -0.25) is 9.48 Å². The van der Waals surface area contributed by atoms with Gasteiger partial charge in [0.25, 0.3) is 0 Å². The lowest BCUT2D eigenvalue weighted by Gasteiger charge is -2.34. The first-order valence-corrected chi connectivity index (χ1v) is 8.06. The molecular formula is C18H23N3O2. The minimum absolute atomic E-state index is 0.152. The first-order valence-electron chi connectivity index (χ1n) is 8.06. The second-order valence-corrected chi connectivity index (χ2v) is 6.23. The molecule has 3 rings (SSSR count). The molecule has 0 fully saturated rings. The number of anilines is 1. The molecule has 5 heteroatoms. The van der Waals surface area contributed by atoms with Crippen LogP contribution in [0.1, 0.15) is 43.5 Å². The van der Waals surface area contributed by atoms with Crippen LogP contribution in [0.4, 0.5) is 5.69 Å². The molecule has 1 aromatic carbocycles. The average Bonchev–Trinajstić information content (AvgIpc) is 3.03. The van der Waals surface area contributed by atoms with Crippen LogP contribution in [0.5, 0.6) is 0 Å². The fourth-order valence-electron chi connectivity index (χ4n) is 3.13. The van der Waals surface area contributed by atoms with Gasteiger partial charge < -0.3 is 9.64 Å². The Bertz CT molecular complexity index is 693. The molecule has 0 saturated heterocycles. The highest BCUT2D eigenvalue weighted by atomic mass is 16.5. The third kappa shape index (κ3) is 3.09. The van der Waals surface area contributed by atoms with Gasteiger partial charge in [0.15, 0.2) is 0 Å². The molecule has 0 saturated carbocycles. The molecular weight excluding hydrogens is 290 g/mol. The van der Waals surface area contributed by atoms with Crippen LogP contribution in [0.25, 0.3) is 0 Å². The Morgan fingerprint density at radius 3 is 2.83 bits per heavy atom. The first-order chi connectivity index (χ1) is 11.1. The highest BCUT2D eigenvalue weighted by molar-refractivity contribution is 5.81. The van der Waals surface area contributed by atoms with E-state index in [1.807, 2.05) is 29.1 Å². The highest BCUT2D eigenvalue weighted by Crippen LogP contribution is 2.36. The molecule has 122 valence electrons. The van der Waals surface area contributed by atoms with Crippen molar-refractivity contribution in [2.75, 3.05) is 18.6 Å². The fourth-order valence-corrected chi connectivity index (χ4v) is 3.13. The summed E-state index contributed by atoms with van der Waals surface area (Å²) in [5.41, 5.74) is 3.20. The lowest BCUT2D eigenvalue weighted by molar-refractivity contribution is -0.142. The zero-order valence-electron chi connectivity index (χ0n) is 13.9. The number of methoxy groups -OCH3 is 1. The van der Waals surface area contributed by atoms with Crippen molar-refractivity contribution >= 4 is 11.7 Å². The molecule has 5 nitrogen and oxygen atoms in total. The summed E-state index contributed by atoms with van der Waals surface area (Å²) in [5, 5.41) is 4.63. The van der Waals surface area contributed by atoms with E-state index in [0.29, 0.717) is 6.04 Å². The topological polar surface area (TPSA) is 47.4 Å². The predicted molar refractivity (Wildman–Crippen MR) is 89.5 cm³/mol. The number of rotatable bonds is 4. The molecule has 23 heavy (non-hydrogen) atoms. The Morgan fingerprint density at radius 1 is 1.35 bits per heavy atom. The normalized spacial score (nSPS) is 17.2. The summed E-state index contributed by atoms with van der Waals surface area (Å²) in [4.78, 5) is 14.3. The third-order valence-electron chi connectivity index (χ3n) is 4.37. The summed E-state index contributed by atoms with van der Waals surface area (Å²) in [6.07, 6.45) is 2.79. The minimum atomic E-state index is -0.166. The standard InChI is InChI=1S/C18H23N3O2/c1-13(2)21-11-8-14(19-21)12-20-10-9-16(18(22)23-3)15-6-4-5-7-17(15)20/h4-8,11,13,16H,9-10,12H2,1-3H3/t16-/m1/s1. The van der Waals surface area contributed by atoms with E-state index in [-0.39, 0.29) is 11.9 Å². The van der Waals surface area contributed by atoms with Crippen LogP contribution in [0.15, 0.2) is 36.5 Å². The molecule has 0 amide bonds. The lowest BCUT2D eigenvalue weighted by Crippen LogP contribution is -2.33. The van der Waals surface area contributed by atoms with Gasteiger partial charge in [-0.25, -0.2) is 0 Å². The first kappa shape index (κ1) is 15.6. The quantitative estimate of drug-likeness (QED) is 0.814. The van der Waals surface area contributed by atoms with Gasteiger partial charge in [0.05, 0.1) is 25.3 Å². The molecule has 0 unspecified atom stereocenters. The SMILES string of the molecule is COC(=O)[C@@H]1CCN(Cc2ccn(C(C)C)n2)c2ccccc21. The number of esters is 1. The van der Waals surface area contributed by atoms with E-state index < -0.39 is 0 Å². The second-order valence-electron chi connectivity index (χ2n) is 6.23. The Hall–Kier alpha value is -2.30. The van der Waals surface area contributed by atoms with E-state index in [9.17, 15) is 4.79 Å². The van der Waals surface area contributed by atoms with Crippen molar-refractivity contribution < 1.29 is 9.53 Å². The van der Waals surface area contributed by atoms with E-state index in [0.717, 1.165) is 36.5 Å². The predicted octanol–water partition coefficient (Wildman–Crippen LogP) is 3.13. The van der Waals surface area contributed by atoms with Gasteiger partial charge in [-0.2, -0.15) is 5.10 Å². The number of para-hydroxylation sites is 1. The second kappa shape index (κ2) is 6.44. The zero-order chi connectivity index (χ0) is 16.4. The minimum Gasteiger partial charge on any atom is -0.469 e. The summed E-state index contributed by atoms with van der Waals surface area (Å²) < 4.78 is 6.93. The maximum absolute atomic E-state index is 12.0. The molecule has 1 atom stereocenters. The largest absolute Gasteiger partial charge is 0.469 e. The van der Waals surface area contributed by atoms with Crippen LogP contribution in [-0.2, 0) is 16.1 Å². The number of hydrogen-bond donors (Lipinski definition) is 0. The van der Waals surface area contributed by atoms with Crippen LogP contribution < -0.4 is 4.90 Å². The van der Waals surface area contributed by atoms with E-state index in [1.165, 1.54) is 7.11 Å². The maximum atomic E-state index is 12.0. The molecule has 2 aromatic rings. The number of fused-ring (bicyclic) bond motifs is 1. The lowest BCUT2D eigenvalue weighted by atomic mass is 9.90. The molecule has 1 aliphatic rings. The van der Waals surface area contributed by atoms with Crippen LogP contribution in [0, 0.1) is 0 Å². The Morgan fingerprint density at radius 2 is 2.13 bits per heavy atom. The molecule has 0 radical (unpaired) electrons. The summed E-state index contributed by atoms with van der Waals surface area (Å²) in [7, 11) is 1.45. The van der Waals surface area contributed by atoms with Crippen molar-refractivity contribution in [2.24, 2.45) is 0 Å². The van der Waals surface area contributed by atoms with Gasteiger partial charge in [0.2, 0.25) is 0 Å². The Labute approximate surface area is 136 Å². The van der Waals surface area contributed by atoms with Gasteiger partial charge in [-0.15, -0.1) is 0 Å². The van der Waals surface area contributed by atoms with Crippen molar-refractivity contribution in [1.29, 1.82) is 0 Å². The number of carbonyl (C=O) groups is 1. The number of aromatic nitrogens is 2. The van der Waals surface area contributed by atoms with E-state index >= 15 is 0 Å². The fraction of sp³-hybridized carbons (Fsp3) is 0.444. The molecule has 2 heterocycles. The van der Waals surface area contributed by atoms with Crippen LogP contribution in [0.2, 0.25) is 0 Å². The van der Waals surface area contributed by atoms with Crippen molar-refractivity contribution in [3.05, 3.63) is 47.8 Å². The molecule has 0 spiro atoms. The van der Waals surface area contributed by atoms with Gasteiger partial charge in [0, 0.05) is 24.5 Å². The average molecular weight is 313 g/mol. The third-order valence-corrected chi connectivity index (χ3v) is 4.37. The van der Waals surface area contributed by atoms with Crippen LogP contribution in [0.3, 0.4) is 0 Å². The number of ether oxygens (including phenoxy) is 1. The Kier molecular flexibility index (Phi) is 4.37. The van der Waals surface area contributed by atoms with Gasteiger partial charge in [0.1, 0.15) is 0 Å². The van der Waals surface area contributed by atoms with Crippen molar-refractivity contribution in [1.82, 2.24) is 9.78 Å². The van der Waals surface area contributed by atoms with E-state index in [1.54, 1.807) is 0 Å². The number of carbonyl (C=O) groups excluding carboxylic acids is 1. The summed E-state index contributed by atoms with van der Waals surface area (Å²) in [5.74, 6) is -0.318. The van der Waals surface area contributed by atoms with Crippen molar-refractivity contribution in [3.63, 3.8) is 0 Å². The number of nitrogens with zero attached hydrogens (tertiary/aromatic N) is 3. The zero-order valence-corrected chi connectivity index (χ0v) is 13.9. The molecule has 0 N–H and O–H groups in total. The van der Waals surface area contributed by atoms with Gasteiger partial charge in [-0.05, 0) is 38.0 Å². The van der Waals surface area contributed by atoms with E-state index in [2.05, 4.69) is 36.0 Å². The van der Waals surface area contributed by atoms with Crippen molar-refractivity contribution in [2.45, 2.75) is 38.8 Å². The van der Waals surface area contributed by atoms with Crippen LogP contribution in [-0.4, -0.2) is 29.4 Å². The molecule has 1 aromatic heterocycles. The van der Waals surface area contributed by atoms with E-state index in [4.69, 9.17) is 4.74 Å². The van der Waals surface area contributed by atoms with Gasteiger partial charge in [-0.1, -0.05) is 18.2 Å². The number of benzene rings is 1. The Balaban J connectivity index is 1.84. The summed E-state index contributed by atoms with van der Waals surface area (Å²) >= 11 is 0. The molecule has 0 bridgehead atoms. The monoisotopic (exact) mass is 313 g/mol. The van der Waals surface area contributed by atoms with Crippen molar-refractivity contribution in [3.8, 4) is 0 Å². The smallest absolute Gasteiger partial charge is 0.313 e. The highest BCUT2D eigenvalue weighted by Gasteiger charge is 2.30. The maximum Gasteiger partial charge on any atom is 0.313 e. The summed E-state index contributed by atoms with van der Waals surface area (Å²) in [6, 6.07) is 10.5. The van der Waals surface area contributed by atoms with Gasteiger partial charge >= 0.3 is 5.97 Å². The molecule has 0 aliphatic carbocycles.